The molecule has 2 rings (SSSR count). The van der Waals surface area contributed by atoms with Gasteiger partial charge in [-0.2, -0.15) is 0 Å². The van der Waals surface area contributed by atoms with Crippen LogP contribution in [0.2, 0.25) is 0 Å². The lowest BCUT2D eigenvalue weighted by molar-refractivity contribution is -0.402. The molecule has 0 amide bonds. The zero-order chi connectivity index (χ0) is 14.0. The fourth-order valence-electron chi connectivity index (χ4n) is 1.53. The number of nitro groups is 1. The van der Waals surface area contributed by atoms with E-state index < -0.39 is 16.8 Å². The molecule has 2 aromatic heterocycles. The van der Waals surface area contributed by atoms with Gasteiger partial charge in [0.1, 0.15) is 17.2 Å². The lowest BCUT2D eigenvalue weighted by Gasteiger charge is -2.01. The van der Waals surface area contributed by atoms with E-state index in [1.807, 2.05) is 0 Å². The van der Waals surface area contributed by atoms with Gasteiger partial charge >= 0.3 is 11.9 Å². The Bertz CT molecular complexity index is 631. The van der Waals surface area contributed by atoms with Crippen LogP contribution >= 0.6 is 0 Å². The third kappa shape index (κ3) is 2.42. The number of aromatic nitrogens is 3. The molecule has 0 radical (unpaired) electrons. The molecule has 3 N–H and O–H groups in total. The van der Waals surface area contributed by atoms with E-state index in [0.717, 1.165) is 0 Å². The first kappa shape index (κ1) is 12.7. The molecular formula is C9H9N5O5. The first-order valence-electron chi connectivity index (χ1n) is 5.11. The number of hydrogen-bond donors (Lipinski definition) is 2. The maximum atomic E-state index is 10.9. The zero-order valence-electron chi connectivity index (χ0n) is 9.52. The molecule has 0 spiro atoms. The maximum Gasteiger partial charge on any atom is 0.433 e. The number of furan rings is 1. The molecule has 10 heteroatoms. The average molecular weight is 267 g/mol. The number of hydrogen-bond acceptors (Lipinski definition) is 7. The average Bonchev–Trinajstić information content (AvgIpc) is 2.95. The van der Waals surface area contributed by atoms with Gasteiger partial charge in [0.15, 0.2) is 5.69 Å². The summed E-state index contributed by atoms with van der Waals surface area (Å²) in [5, 5.41) is 26.4. The lowest BCUT2D eigenvalue weighted by Crippen LogP contribution is -2.12. The second kappa shape index (κ2) is 4.86. The van der Waals surface area contributed by atoms with Gasteiger partial charge in [-0.3, -0.25) is 10.1 Å². The van der Waals surface area contributed by atoms with Crippen LogP contribution in [0.1, 0.15) is 21.9 Å². The van der Waals surface area contributed by atoms with Gasteiger partial charge in [-0.15, -0.1) is 5.10 Å². The van der Waals surface area contributed by atoms with Crippen molar-refractivity contribution in [3.05, 3.63) is 39.4 Å². The van der Waals surface area contributed by atoms with Gasteiger partial charge in [-0.1, -0.05) is 5.21 Å². The summed E-state index contributed by atoms with van der Waals surface area (Å²) in [5.41, 5.74) is 5.41. The Morgan fingerprint density at radius 1 is 1.58 bits per heavy atom. The Morgan fingerprint density at radius 3 is 2.84 bits per heavy atom. The lowest BCUT2D eigenvalue weighted by atomic mass is 10.3. The van der Waals surface area contributed by atoms with Gasteiger partial charge in [-0.05, 0) is 6.07 Å². The highest BCUT2D eigenvalue weighted by Gasteiger charge is 2.19. The number of carboxylic acid groups (broad SMARTS) is 1. The van der Waals surface area contributed by atoms with Crippen LogP contribution in [0.15, 0.2) is 16.5 Å². The van der Waals surface area contributed by atoms with Crippen LogP contribution < -0.4 is 5.73 Å². The molecule has 2 aromatic rings. The first-order chi connectivity index (χ1) is 9.02. The van der Waals surface area contributed by atoms with Gasteiger partial charge in [0.05, 0.1) is 11.8 Å². The molecule has 100 valence electrons. The zero-order valence-corrected chi connectivity index (χ0v) is 9.52. The molecule has 0 aliphatic rings. The fraction of sp³-hybridized carbons (Fsp3) is 0.222. The van der Waals surface area contributed by atoms with Crippen molar-refractivity contribution in [1.29, 1.82) is 0 Å². The topological polar surface area (TPSA) is 150 Å². The summed E-state index contributed by atoms with van der Waals surface area (Å²) in [5.74, 6) is -1.39. The first-order valence-corrected chi connectivity index (χ1v) is 5.11. The Labute approximate surface area is 105 Å². The molecule has 0 bridgehead atoms. The molecule has 0 aromatic carbocycles. The number of rotatable bonds is 5. The standard InChI is InChI=1S/C9H9N5O5/c10-3-6-8(9(15)16)11-12-13(6)4-5-1-2-7(19-5)14(17)18/h1-2H,3-4,10H2,(H,15,16). The molecule has 10 nitrogen and oxygen atoms in total. The SMILES string of the molecule is NCc1c(C(=O)O)nnn1Cc1ccc([N+](=O)[O-])o1. The molecule has 0 fully saturated rings. The molecule has 0 aliphatic carbocycles. The summed E-state index contributed by atoms with van der Waals surface area (Å²) in [4.78, 5) is 20.6. The maximum absolute atomic E-state index is 10.9. The monoisotopic (exact) mass is 267 g/mol. The Hall–Kier alpha value is -2.75. The minimum atomic E-state index is -1.24. The van der Waals surface area contributed by atoms with Crippen molar-refractivity contribution < 1.29 is 19.2 Å². The van der Waals surface area contributed by atoms with Crippen LogP contribution in [0.5, 0.6) is 0 Å². The van der Waals surface area contributed by atoms with Crippen molar-refractivity contribution in [2.45, 2.75) is 13.1 Å². The molecule has 0 saturated carbocycles. The van der Waals surface area contributed by atoms with E-state index in [0.29, 0.717) is 0 Å². The van der Waals surface area contributed by atoms with Crippen LogP contribution in [0.25, 0.3) is 0 Å². The van der Waals surface area contributed by atoms with Crippen molar-refractivity contribution in [1.82, 2.24) is 15.0 Å². The predicted octanol–water partition coefficient (Wildman–Crippen LogP) is -0.0155. The summed E-state index contributed by atoms with van der Waals surface area (Å²) in [7, 11) is 0. The highest BCUT2D eigenvalue weighted by atomic mass is 16.6. The van der Waals surface area contributed by atoms with E-state index in [1.165, 1.54) is 16.8 Å². The molecular weight excluding hydrogens is 258 g/mol. The Balaban J connectivity index is 2.27. The second-order valence-corrected chi connectivity index (χ2v) is 3.55. The summed E-state index contributed by atoms with van der Waals surface area (Å²) >= 11 is 0. The summed E-state index contributed by atoms with van der Waals surface area (Å²) in [6.07, 6.45) is 0. The molecule has 0 saturated heterocycles. The fourth-order valence-corrected chi connectivity index (χ4v) is 1.53. The summed E-state index contributed by atoms with van der Waals surface area (Å²) in [6, 6.07) is 2.60. The van der Waals surface area contributed by atoms with Gasteiger partial charge in [0, 0.05) is 6.54 Å². The number of carboxylic acids is 1. The van der Waals surface area contributed by atoms with E-state index in [9.17, 15) is 14.9 Å². The minimum Gasteiger partial charge on any atom is -0.476 e. The Kier molecular flexibility index (Phi) is 3.25. The van der Waals surface area contributed by atoms with E-state index in [4.69, 9.17) is 15.3 Å². The Morgan fingerprint density at radius 2 is 2.32 bits per heavy atom. The number of carbonyl (C=O) groups is 1. The second-order valence-electron chi connectivity index (χ2n) is 3.55. The van der Waals surface area contributed by atoms with Crippen LogP contribution in [-0.2, 0) is 13.1 Å². The highest BCUT2D eigenvalue weighted by molar-refractivity contribution is 5.86. The van der Waals surface area contributed by atoms with Crippen LogP contribution in [0.3, 0.4) is 0 Å². The smallest absolute Gasteiger partial charge is 0.433 e. The van der Waals surface area contributed by atoms with Crippen LogP contribution in [0.4, 0.5) is 5.88 Å². The quantitative estimate of drug-likeness (QED) is 0.566. The normalized spacial score (nSPS) is 10.6. The molecule has 19 heavy (non-hydrogen) atoms. The predicted molar refractivity (Wildman–Crippen MR) is 59.3 cm³/mol. The van der Waals surface area contributed by atoms with Gasteiger partial charge < -0.3 is 15.3 Å². The van der Waals surface area contributed by atoms with Crippen molar-refractivity contribution in [2.75, 3.05) is 0 Å². The molecule has 0 unspecified atom stereocenters. The van der Waals surface area contributed by atoms with Gasteiger partial charge in [0.25, 0.3) is 0 Å². The van der Waals surface area contributed by atoms with Crippen molar-refractivity contribution in [2.24, 2.45) is 5.73 Å². The minimum absolute atomic E-state index is 0.0145. The number of nitrogens with zero attached hydrogens (tertiary/aromatic N) is 4. The molecule has 2 heterocycles. The van der Waals surface area contributed by atoms with Crippen LogP contribution in [0, 0.1) is 10.1 Å². The highest BCUT2D eigenvalue weighted by Crippen LogP contribution is 2.17. The van der Waals surface area contributed by atoms with E-state index in [1.54, 1.807) is 0 Å². The van der Waals surface area contributed by atoms with Crippen molar-refractivity contribution in [3.63, 3.8) is 0 Å². The van der Waals surface area contributed by atoms with Gasteiger partial charge in [-0.25, -0.2) is 9.48 Å². The van der Waals surface area contributed by atoms with E-state index in [-0.39, 0.29) is 30.2 Å². The third-order valence-corrected chi connectivity index (χ3v) is 2.37. The van der Waals surface area contributed by atoms with Crippen molar-refractivity contribution in [3.8, 4) is 0 Å². The van der Waals surface area contributed by atoms with Crippen molar-refractivity contribution >= 4 is 11.9 Å². The largest absolute Gasteiger partial charge is 0.476 e. The van der Waals surface area contributed by atoms with E-state index in [2.05, 4.69) is 10.3 Å². The summed E-state index contributed by atoms with van der Waals surface area (Å²) in [6.45, 7) is -0.0575. The van der Waals surface area contributed by atoms with E-state index >= 15 is 0 Å². The van der Waals surface area contributed by atoms with Crippen LogP contribution in [-0.4, -0.2) is 31.0 Å². The molecule has 0 aliphatic heterocycles. The summed E-state index contributed by atoms with van der Waals surface area (Å²) < 4.78 is 6.17. The molecule has 0 atom stereocenters. The number of nitrogens with two attached hydrogens (primary N) is 1. The number of aromatic carboxylic acids is 1. The third-order valence-electron chi connectivity index (χ3n) is 2.37. The van der Waals surface area contributed by atoms with Gasteiger partial charge in [0.2, 0.25) is 0 Å².